The van der Waals surface area contributed by atoms with E-state index in [4.69, 9.17) is 5.11 Å². The van der Waals surface area contributed by atoms with E-state index in [1.807, 2.05) is 0 Å². The lowest BCUT2D eigenvalue weighted by atomic mass is 10.5. The maximum atomic E-state index is 10.9. The maximum Gasteiger partial charge on any atom is 0.397 e. The summed E-state index contributed by atoms with van der Waals surface area (Å²) in [6.45, 7) is 3.09. The molecule has 2 heterocycles. The number of nitro groups is 1. The summed E-state index contributed by atoms with van der Waals surface area (Å²) >= 11 is 0. The summed E-state index contributed by atoms with van der Waals surface area (Å²) in [5.74, 6) is -0.657. The number of aromatic nitrogens is 3. The normalized spacial score (nSPS) is 10.9. The van der Waals surface area contributed by atoms with Crippen molar-refractivity contribution in [1.29, 1.82) is 0 Å². The van der Waals surface area contributed by atoms with E-state index >= 15 is 0 Å². The molecule has 0 saturated carbocycles. The first-order chi connectivity index (χ1) is 7.91. The summed E-state index contributed by atoms with van der Waals surface area (Å²) in [5, 5.41) is 19.7. The Hall–Kier alpha value is -2.38. The van der Waals surface area contributed by atoms with Gasteiger partial charge in [-0.05, 0) is 11.8 Å². The lowest BCUT2D eigenvalue weighted by Gasteiger charge is -1.96. The number of carbonyl (C=O) groups is 1. The van der Waals surface area contributed by atoms with Gasteiger partial charge in [-0.25, -0.2) is 14.3 Å². The van der Waals surface area contributed by atoms with E-state index in [-0.39, 0.29) is 18.0 Å². The summed E-state index contributed by atoms with van der Waals surface area (Å²) in [6.07, 6.45) is 1.66. The predicted octanol–water partition coefficient (Wildman–Crippen LogP) is 0.165. The number of rotatable bonds is 3. The van der Waals surface area contributed by atoms with E-state index in [1.165, 1.54) is 4.57 Å². The van der Waals surface area contributed by atoms with E-state index in [1.54, 1.807) is 24.4 Å². The third kappa shape index (κ3) is 1.63. The van der Waals surface area contributed by atoms with Gasteiger partial charge in [0.1, 0.15) is 11.9 Å². The van der Waals surface area contributed by atoms with Crippen molar-refractivity contribution in [3.63, 3.8) is 0 Å². The van der Waals surface area contributed by atoms with E-state index < -0.39 is 10.9 Å². The van der Waals surface area contributed by atoms with Crippen molar-refractivity contribution in [1.82, 2.24) is 9.55 Å². The second kappa shape index (κ2) is 3.58. The number of nitrogens with zero attached hydrogens (tertiary/aromatic N) is 3. The molecular formula is C9H11N4O4+. The van der Waals surface area contributed by atoms with Crippen LogP contribution in [0.5, 0.6) is 0 Å². The highest BCUT2D eigenvalue weighted by molar-refractivity contribution is 5.68. The molecule has 0 saturated heterocycles. The van der Waals surface area contributed by atoms with Crippen LogP contribution in [-0.4, -0.2) is 25.6 Å². The van der Waals surface area contributed by atoms with Crippen molar-refractivity contribution in [3.8, 4) is 0 Å². The number of hydrogen-bond acceptors (Lipinski definition) is 3. The van der Waals surface area contributed by atoms with Crippen LogP contribution in [0.3, 0.4) is 0 Å². The van der Waals surface area contributed by atoms with Gasteiger partial charge in [0.2, 0.25) is 5.82 Å². The zero-order valence-corrected chi connectivity index (χ0v) is 9.30. The van der Waals surface area contributed by atoms with Crippen LogP contribution in [0, 0.1) is 24.0 Å². The average molecular weight is 239 g/mol. The monoisotopic (exact) mass is 239 g/mol. The van der Waals surface area contributed by atoms with Gasteiger partial charge in [0.05, 0.1) is 0 Å². The minimum atomic E-state index is -1.04. The van der Waals surface area contributed by atoms with Crippen LogP contribution in [0.4, 0.5) is 5.82 Å². The van der Waals surface area contributed by atoms with Gasteiger partial charge in [0, 0.05) is 6.92 Å². The number of carboxylic acid groups (broad SMARTS) is 1. The Morgan fingerprint density at radius 1 is 1.65 bits per heavy atom. The van der Waals surface area contributed by atoms with Gasteiger partial charge in [-0.1, -0.05) is 0 Å². The SMILES string of the molecule is Cc1c[n+]2c(C)[nH]c([N+](=O)[O-])c2n1CC(=O)O. The van der Waals surface area contributed by atoms with Crippen molar-refractivity contribution < 1.29 is 19.2 Å². The number of aryl methyl sites for hydroxylation is 2. The summed E-state index contributed by atoms with van der Waals surface area (Å²) in [5.41, 5.74) is 0.912. The number of aromatic amines is 1. The number of H-pyrrole nitrogens is 1. The fourth-order valence-electron chi connectivity index (χ4n) is 1.86. The number of hydrogen-bond donors (Lipinski definition) is 2. The summed E-state index contributed by atoms with van der Waals surface area (Å²) in [6, 6.07) is 0. The molecule has 0 fully saturated rings. The fourth-order valence-corrected chi connectivity index (χ4v) is 1.86. The number of carboxylic acids is 1. The van der Waals surface area contributed by atoms with Gasteiger partial charge in [0.25, 0.3) is 0 Å². The molecule has 2 N–H and O–H groups in total. The highest BCUT2D eigenvalue weighted by Gasteiger charge is 2.28. The number of aliphatic carboxylic acids is 1. The lowest BCUT2D eigenvalue weighted by Crippen LogP contribution is -2.21. The quantitative estimate of drug-likeness (QED) is 0.452. The minimum Gasteiger partial charge on any atom is -0.479 e. The molecule has 0 bridgehead atoms. The molecule has 0 aromatic carbocycles. The predicted molar refractivity (Wildman–Crippen MR) is 55.7 cm³/mol. The Morgan fingerprint density at radius 3 is 2.82 bits per heavy atom. The second-order valence-corrected chi connectivity index (χ2v) is 3.76. The van der Waals surface area contributed by atoms with Gasteiger partial charge in [-0.15, -0.1) is 0 Å². The largest absolute Gasteiger partial charge is 0.479 e. The third-order valence-electron chi connectivity index (χ3n) is 2.57. The van der Waals surface area contributed by atoms with Crippen LogP contribution >= 0.6 is 0 Å². The van der Waals surface area contributed by atoms with Crippen molar-refractivity contribution in [3.05, 3.63) is 27.8 Å². The van der Waals surface area contributed by atoms with E-state index in [2.05, 4.69) is 4.98 Å². The van der Waals surface area contributed by atoms with Crippen LogP contribution in [-0.2, 0) is 11.3 Å². The molecule has 0 aliphatic carbocycles. The van der Waals surface area contributed by atoms with Gasteiger partial charge in [-0.3, -0.25) is 0 Å². The lowest BCUT2D eigenvalue weighted by molar-refractivity contribution is -0.520. The molecule has 0 radical (unpaired) electrons. The number of imidazole rings is 2. The molecule has 0 unspecified atom stereocenters. The maximum absolute atomic E-state index is 10.9. The molecule has 0 atom stereocenters. The molecule has 0 amide bonds. The summed E-state index contributed by atoms with van der Waals surface area (Å²) in [4.78, 5) is 23.7. The molecule has 2 rings (SSSR count). The first-order valence-electron chi connectivity index (χ1n) is 4.88. The Labute approximate surface area is 95.3 Å². The van der Waals surface area contributed by atoms with Gasteiger partial charge >= 0.3 is 17.4 Å². The minimum absolute atomic E-state index is 0.197. The molecule has 0 aliphatic rings. The zero-order valence-electron chi connectivity index (χ0n) is 9.30. The van der Waals surface area contributed by atoms with Crippen LogP contribution in [0.25, 0.3) is 5.65 Å². The number of nitrogens with one attached hydrogen (secondary N) is 1. The van der Waals surface area contributed by atoms with E-state index in [0.29, 0.717) is 11.5 Å². The summed E-state index contributed by atoms with van der Waals surface area (Å²) in [7, 11) is 0. The van der Waals surface area contributed by atoms with Crippen LogP contribution < -0.4 is 4.40 Å². The van der Waals surface area contributed by atoms with E-state index in [9.17, 15) is 14.9 Å². The Balaban J connectivity index is 2.77. The van der Waals surface area contributed by atoms with Crippen molar-refractivity contribution in [2.45, 2.75) is 20.4 Å². The van der Waals surface area contributed by atoms with Crippen molar-refractivity contribution in [2.24, 2.45) is 0 Å². The molecule has 90 valence electrons. The van der Waals surface area contributed by atoms with Crippen LogP contribution in [0.15, 0.2) is 6.20 Å². The molecular weight excluding hydrogens is 228 g/mol. The Morgan fingerprint density at radius 2 is 2.29 bits per heavy atom. The smallest absolute Gasteiger partial charge is 0.397 e. The van der Waals surface area contributed by atoms with Gasteiger partial charge in [-0.2, -0.15) is 4.40 Å². The molecule has 0 spiro atoms. The first kappa shape index (κ1) is 11.1. The van der Waals surface area contributed by atoms with Gasteiger partial charge < -0.3 is 15.2 Å². The Kier molecular flexibility index (Phi) is 2.34. The average Bonchev–Trinajstić information content (AvgIpc) is 2.67. The van der Waals surface area contributed by atoms with Gasteiger partial charge in [0.15, 0.2) is 6.54 Å². The highest BCUT2D eigenvalue weighted by Crippen LogP contribution is 2.17. The zero-order chi connectivity index (χ0) is 12.7. The van der Waals surface area contributed by atoms with E-state index in [0.717, 1.165) is 0 Å². The van der Waals surface area contributed by atoms with Crippen molar-refractivity contribution >= 4 is 17.4 Å². The molecule has 0 aliphatic heterocycles. The molecule has 17 heavy (non-hydrogen) atoms. The second-order valence-electron chi connectivity index (χ2n) is 3.76. The first-order valence-corrected chi connectivity index (χ1v) is 4.88. The third-order valence-corrected chi connectivity index (χ3v) is 2.57. The fraction of sp³-hybridized carbons (Fsp3) is 0.333. The molecule has 8 heteroatoms. The number of fused-ring (bicyclic) bond motifs is 1. The van der Waals surface area contributed by atoms with Crippen molar-refractivity contribution in [2.75, 3.05) is 0 Å². The topological polar surface area (TPSA) is 105 Å². The molecule has 2 aromatic heterocycles. The Bertz CT molecular complexity index is 624. The highest BCUT2D eigenvalue weighted by atomic mass is 16.6. The van der Waals surface area contributed by atoms with Crippen LogP contribution in [0.1, 0.15) is 11.5 Å². The standard InChI is InChI=1S/C9H10N4O4/c1-5-3-12-6(2)10-8(13(16)17)9(12)11(5)4-7(14)15/h3H,4H2,1-2H3,(H,14,15)/p+1. The molecule has 8 nitrogen and oxygen atoms in total. The van der Waals surface area contributed by atoms with Crippen LogP contribution in [0.2, 0.25) is 0 Å². The molecule has 2 aromatic rings. The summed E-state index contributed by atoms with van der Waals surface area (Å²) < 4.78 is 2.97.